The number of aryl methyl sites for hydroxylation is 2. The van der Waals surface area contributed by atoms with E-state index < -0.39 is 0 Å². The number of hydrogen-bond acceptors (Lipinski definition) is 3. The van der Waals surface area contributed by atoms with Crippen LogP contribution in [0.4, 0.5) is 0 Å². The van der Waals surface area contributed by atoms with E-state index in [4.69, 9.17) is 4.98 Å². The van der Waals surface area contributed by atoms with E-state index >= 15 is 0 Å². The average Bonchev–Trinajstić information content (AvgIpc) is 2.71. The minimum atomic E-state index is 0.141. The molecular weight excluding hydrogens is 228 g/mol. The molecule has 3 heteroatoms. The van der Waals surface area contributed by atoms with E-state index in [1.807, 2.05) is 11.3 Å². The van der Waals surface area contributed by atoms with Crippen molar-refractivity contribution in [1.29, 1.82) is 0 Å². The first kappa shape index (κ1) is 13.0. The van der Waals surface area contributed by atoms with Gasteiger partial charge in [-0.1, -0.05) is 20.8 Å². The van der Waals surface area contributed by atoms with E-state index in [0.29, 0.717) is 5.41 Å². The molecular formula is C14H24N2S. The zero-order valence-electron chi connectivity index (χ0n) is 11.7. The summed E-state index contributed by atoms with van der Waals surface area (Å²) in [6.07, 6.45) is 3.72. The van der Waals surface area contributed by atoms with Gasteiger partial charge in [-0.15, -0.1) is 11.3 Å². The van der Waals surface area contributed by atoms with Gasteiger partial charge in [-0.05, 0) is 45.1 Å². The van der Waals surface area contributed by atoms with Gasteiger partial charge in [0.1, 0.15) is 5.01 Å². The van der Waals surface area contributed by atoms with Crippen molar-refractivity contribution >= 4 is 11.3 Å². The summed E-state index contributed by atoms with van der Waals surface area (Å²) >= 11 is 1.88. The number of rotatable bonds is 3. The minimum Gasteiger partial charge on any atom is -0.306 e. The summed E-state index contributed by atoms with van der Waals surface area (Å²) < 4.78 is 0. The minimum absolute atomic E-state index is 0.141. The molecule has 0 spiro atoms. The molecule has 1 unspecified atom stereocenters. The summed E-state index contributed by atoms with van der Waals surface area (Å²) in [6.45, 7) is 12.3. The van der Waals surface area contributed by atoms with Crippen molar-refractivity contribution in [3.8, 4) is 0 Å². The van der Waals surface area contributed by atoms with Crippen molar-refractivity contribution < 1.29 is 0 Å². The van der Waals surface area contributed by atoms with Crippen molar-refractivity contribution in [2.75, 3.05) is 6.54 Å². The molecule has 1 atom stereocenters. The number of aromatic nitrogens is 1. The number of nitrogens with one attached hydrogen (secondary N) is 1. The lowest BCUT2D eigenvalue weighted by Crippen LogP contribution is -2.40. The first-order chi connectivity index (χ1) is 7.88. The van der Waals surface area contributed by atoms with Gasteiger partial charge in [-0.25, -0.2) is 4.98 Å². The van der Waals surface area contributed by atoms with Crippen LogP contribution in [-0.2, 0) is 5.54 Å². The normalized spacial score (nSPS) is 27.6. The summed E-state index contributed by atoms with van der Waals surface area (Å²) in [5.74, 6) is 0. The lowest BCUT2D eigenvalue weighted by Gasteiger charge is -2.30. The molecule has 17 heavy (non-hydrogen) atoms. The molecule has 0 radical (unpaired) electrons. The fourth-order valence-corrected chi connectivity index (χ4v) is 4.08. The Balaban J connectivity index is 2.35. The average molecular weight is 252 g/mol. The van der Waals surface area contributed by atoms with Crippen molar-refractivity contribution in [3.63, 3.8) is 0 Å². The lowest BCUT2D eigenvalue weighted by atomic mass is 9.88. The lowest BCUT2D eigenvalue weighted by molar-refractivity contribution is 0.292. The number of hydrogen-bond donors (Lipinski definition) is 1. The van der Waals surface area contributed by atoms with Crippen LogP contribution in [0.25, 0.3) is 0 Å². The highest BCUT2D eigenvalue weighted by Gasteiger charge is 2.45. The SMILES string of the molecule is CCNC1(c2nc(C)c(C)s2)CCC(C)(C)C1. The van der Waals surface area contributed by atoms with Crippen LogP contribution in [0.5, 0.6) is 0 Å². The van der Waals surface area contributed by atoms with E-state index in [2.05, 4.69) is 39.9 Å². The van der Waals surface area contributed by atoms with Crippen molar-refractivity contribution in [2.45, 2.75) is 59.4 Å². The Hall–Kier alpha value is -0.410. The largest absolute Gasteiger partial charge is 0.306 e. The smallest absolute Gasteiger partial charge is 0.113 e. The molecule has 1 aromatic rings. The van der Waals surface area contributed by atoms with Gasteiger partial charge < -0.3 is 5.32 Å². The molecule has 0 saturated heterocycles. The summed E-state index contributed by atoms with van der Waals surface area (Å²) in [4.78, 5) is 6.17. The highest BCUT2D eigenvalue weighted by molar-refractivity contribution is 7.11. The predicted molar refractivity (Wildman–Crippen MR) is 74.6 cm³/mol. The van der Waals surface area contributed by atoms with Gasteiger partial charge in [0.2, 0.25) is 0 Å². The Labute approximate surface area is 109 Å². The molecule has 1 aliphatic rings. The zero-order chi connectivity index (χ0) is 12.7. The van der Waals surface area contributed by atoms with Gasteiger partial charge in [-0.3, -0.25) is 0 Å². The van der Waals surface area contributed by atoms with Crippen molar-refractivity contribution in [1.82, 2.24) is 10.3 Å². The number of thiazole rings is 1. The van der Waals surface area contributed by atoms with Gasteiger partial charge in [0, 0.05) is 4.88 Å². The summed E-state index contributed by atoms with van der Waals surface area (Å²) in [6, 6.07) is 0. The Morgan fingerprint density at radius 1 is 1.29 bits per heavy atom. The van der Waals surface area contributed by atoms with E-state index in [1.165, 1.54) is 34.8 Å². The van der Waals surface area contributed by atoms with Gasteiger partial charge in [0.25, 0.3) is 0 Å². The quantitative estimate of drug-likeness (QED) is 0.885. The Morgan fingerprint density at radius 3 is 2.41 bits per heavy atom. The third kappa shape index (κ3) is 2.41. The molecule has 0 aliphatic heterocycles. The third-order valence-corrected chi connectivity index (χ3v) is 5.24. The number of nitrogens with zero attached hydrogens (tertiary/aromatic N) is 1. The summed E-state index contributed by atoms with van der Waals surface area (Å²) in [7, 11) is 0. The van der Waals surface area contributed by atoms with Crippen LogP contribution in [0, 0.1) is 19.3 Å². The fraction of sp³-hybridized carbons (Fsp3) is 0.786. The molecule has 96 valence electrons. The first-order valence-electron chi connectivity index (χ1n) is 6.58. The second kappa shape index (κ2) is 4.36. The van der Waals surface area contributed by atoms with Gasteiger partial charge in [0.05, 0.1) is 11.2 Å². The molecule has 0 bridgehead atoms. The fourth-order valence-electron chi connectivity index (χ4n) is 2.97. The van der Waals surface area contributed by atoms with Crippen LogP contribution in [0.3, 0.4) is 0 Å². The molecule has 1 N–H and O–H groups in total. The van der Waals surface area contributed by atoms with Crippen LogP contribution < -0.4 is 5.32 Å². The van der Waals surface area contributed by atoms with Crippen LogP contribution in [0.1, 0.15) is 55.6 Å². The van der Waals surface area contributed by atoms with Crippen LogP contribution in [-0.4, -0.2) is 11.5 Å². The molecule has 2 rings (SSSR count). The molecule has 1 fully saturated rings. The highest BCUT2D eigenvalue weighted by Crippen LogP contribution is 2.49. The van der Waals surface area contributed by atoms with Gasteiger partial charge in [0.15, 0.2) is 0 Å². The molecule has 1 heterocycles. The summed E-state index contributed by atoms with van der Waals surface area (Å²) in [5, 5.41) is 5.02. The van der Waals surface area contributed by atoms with Crippen molar-refractivity contribution in [3.05, 3.63) is 15.6 Å². The van der Waals surface area contributed by atoms with E-state index in [1.54, 1.807) is 0 Å². The van der Waals surface area contributed by atoms with E-state index in [9.17, 15) is 0 Å². The Morgan fingerprint density at radius 2 is 2.00 bits per heavy atom. The molecule has 0 amide bonds. The maximum atomic E-state index is 4.80. The maximum Gasteiger partial charge on any atom is 0.113 e. The molecule has 1 aromatic heterocycles. The second-order valence-electron chi connectivity index (χ2n) is 6.11. The zero-order valence-corrected chi connectivity index (χ0v) is 12.5. The Bertz CT molecular complexity index is 389. The van der Waals surface area contributed by atoms with Gasteiger partial charge in [-0.2, -0.15) is 0 Å². The summed E-state index contributed by atoms with van der Waals surface area (Å²) in [5.41, 5.74) is 1.78. The first-order valence-corrected chi connectivity index (χ1v) is 7.40. The van der Waals surface area contributed by atoms with Gasteiger partial charge >= 0.3 is 0 Å². The standard InChI is InChI=1S/C14H24N2S/c1-6-15-14(8-7-13(4,5)9-14)12-16-10(2)11(3)17-12/h15H,6-9H2,1-5H3. The second-order valence-corrected chi connectivity index (χ2v) is 7.32. The van der Waals surface area contributed by atoms with E-state index in [-0.39, 0.29) is 5.54 Å². The molecule has 0 aromatic carbocycles. The monoisotopic (exact) mass is 252 g/mol. The molecule has 1 aliphatic carbocycles. The van der Waals surface area contributed by atoms with Crippen molar-refractivity contribution in [2.24, 2.45) is 5.41 Å². The van der Waals surface area contributed by atoms with Crippen LogP contribution in [0.15, 0.2) is 0 Å². The predicted octanol–water partition coefficient (Wildman–Crippen LogP) is 3.77. The molecule has 2 nitrogen and oxygen atoms in total. The Kier molecular flexibility index (Phi) is 3.34. The highest BCUT2D eigenvalue weighted by atomic mass is 32.1. The third-order valence-electron chi connectivity index (χ3n) is 3.96. The molecule has 1 saturated carbocycles. The topological polar surface area (TPSA) is 24.9 Å². The van der Waals surface area contributed by atoms with E-state index in [0.717, 1.165) is 6.54 Å². The van der Waals surface area contributed by atoms with Crippen LogP contribution >= 0.6 is 11.3 Å². The maximum absolute atomic E-state index is 4.80. The van der Waals surface area contributed by atoms with Crippen LogP contribution in [0.2, 0.25) is 0 Å².